The van der Waals surface area contributed by atoms with Gasteiger partial charge in [-0.3, -0.25) is 0 Å². The fourth-order valence-corrected chi connectivity index (χ4v) is 4.68. The Bertz CT molecular complexity index is 1180. The van der Waals surface area contributed by atoms with Gasteiger partial charge in [0.2, 0.25) is 0 Å². The molecule has 2 aromatic carbocycles. The summed E-state index contributed by atoms with van der Waals surface area (Å²) in [4.78, 5) is 21.8. The average molecular weight is 526 g/mol. The first-order valence-electron chi connectivity index (χ1n) is 14.8. The van der Waals surface area contributed by atoms with Crippen LogP contribution in [0.2, 0.25) is 0 Å². The lowest BCUT2D eigenvalue weighted by molar-refractivity contribution is 0.0734. The number of carbonyl (C=O) groups excluding carboxylic acids is 1. The summed E-state index contributed by atoms with van der Waals surface area (Å²) >= 11 is 0. The molecule has 5 nitrogen and oxygen atoms in total. The van der Waals surface area contributed by atoms with E-state index in [1.165, 1.54) is 70.6 Å². The summed E-state index contributed by atoms with van der Waals surface area (Å²) in [6, 6.07) is 14.7. The van der Waals surface area contributed by atoms with Crippen molar-refractivity contribution in [2.45, 2.75) is 104 Å². The van der Waals surface area contributed by atoms with Gasteiger partial charge in [0.05, 0.1) is 11.1 Å². The minimum Gasteiger partial charge on any atom is -0.422 e. The van der Waals surface area contributed by atoms with Crippen LogP contribution < -0.4 is 4.74 Å². The normalized spacial score (nSPS) is 10.8. The largest absolute Gasteiger partial charge is 0.422 e. The maximum atomic E-state index is 12.8. The molecular weight excluding hydrogens is 482 g/mol. The molecule has 0 N–H and O–H groups in total. The first-order chi connectivity index (χ1) is 19.1. The highest BCUT2D eigenvalue weighted by atomic mass is 16.5. The van der Waals surface area contributed by atoms with Crippen LogP contribution in [0.5, 0.6) is 5.75 Å². The molecule has 0 atom stereocenters. The number of nitriles is 1. The van der Waals surface area contributed by atoms with E-state index >= 15 is 0 Å². The van der Waals surface area contributed by atoms with Crippen molar-refractivity contribution in [3.63, 3.8) is 0 Å². The van der Waals surface area contributed by atoms with Gasteiger partial charge >= 0.3 is 5.97 Å². The van der Waals surface area contributed by atoms with E-state index in [4.69, 9.17) is 4.74 Å². The fourth-order valence-electron chi connectivity index (χ4n) is 4.68. The first kappa shape index (κ1) is 30.0. The van der Waals surface area contributed by atoms with E-state index in [0.29, 0.717) is 22.7 Å². The van der Waals surface area contributed by atoms with E-state index < -0.39 is 5.97 Å². The Morgan fingerprint density at radius 2 is 1.31 bits per heavy atom. The van der Waals surface area contributed by atoms with Crippen molar-refractivity contribution in [2.75, 3.05) is 0 Å². The molecule has 5 heteroatoms. The van der Waals surface area contributed by atoms with Gasteiger partial charge in [-0.1, -0.05) is 96.3 Å². The molecule has 39 heavy (non-hydrogen) atoms. The van der Waals surface area contributed by atoms with Gasteiger partial charge in [0.15, 0.2) is 5.82 Å². The smallest absolute Gasteiger partial charge is 0.343 e. The van der Waals surface area contributed by atoms with Crippen molar-refractivity contribution in [3.8, 4) is 23.2 Å². The molecule has 206 valence electrons. The van der Waals surface area contributed by atoms with E-state index in [9.17, 15) is 10.1 Å². The Labute approximate surface area is 234 Å². The van der Waals surface area contributed by atoms with Gasteiger partial charge in [0.1, 0.15) is 11.8 Å². The van der Waals surface area contributed by atoms with E-state index in [1.807, 2.05) is 36.7 Å². The molecule has 0 unspecified atom stereocenters. The highest BCUT2D eigenvalue weighted by molar-refractivity contribution is 5.91. The quantitative estimate of drug-likeness (QED) is 0.0998. The molecule has 3 aromatic rings. The van der Waals surface area contributed by atoms with Crippen molar-refractivity contribution in [2.24, 2.45) is 0 Å². The molecule has 3 rings (SSSR count). The summed E-state index contributed by atoms with van der Waals surface area (Å²) in [6.07, 6.45) is 20.9. The molecule has 0 bridgehead atoms. The monoisotopic (exact) mass is 525 g/mol. The van der Waals surface area contributed by atoms with Gasteiger partial charge < -0.3 is 4.74 Å². The number of unbranched alkanes of at least 4 members (excludes halogenated alkanes) is 10. The Hall–Kier alpha value is -3.52. The maximum Gasteiger partial charge on any atom is 0.343 e. The number of rotatable bonds is 17. The number of aryl methyl sites for hydroxylation is 2. The van der Waals surface area contributed by atoms with E-state index in [2.05, 4.69) is 29.9 Å². The zero-order valence-electron chi connectivity index (χ0n) is 23.8. The lowest BCUT2D eigenvalue weighted by Crippen LogP contribution is -2.09. The average Bonchev–Trinajstić information content (AvgIpc) is 2.97. The maximum absolute atomic E-state index is 12.8. The molecule has 0 aliphatic carbocycles. The number of aromatic nitrogens is 2. The third-order valence-electron chi connectivity index (χ3n) is 7.09. The van der Waals surface area contributed by atoms with Crippen LogP contribution in [-0.4, -0.2) is 15.9 Å². The summed E-state index contributed by atoms with van der Waals surface area (Å²) < 4.78 is 5.57. The third-order valence-corrected chi connectivity index (χ3v) is 7.09. The molecule has 0 saturated carbocycles. The molecular formula is C34H43N3O2. The van der Waals surface area contributed by atoms with Crippen LogP contribution in [0.4, 0.5) is 0 Å². The summed E-state index contributed by atoms with van der Waals surface area (Å²) in [7, 11) is 0. The van der Waals surface area contributed by atoms with Gasteiger partial charge in [0.25, 0.3) is 0 Å². The second-order valence-corrected chi connectivity index (χ2v) is 10.4. The number of carbonyl (C=O) groups is 1. The minimum absolute atomic E-state index is 0.291. The predicted octanol–water partition coefficient (Wildman–Crippen LogP) is 9.04. The summed E-state index contributed by atoms with van der Waals surface area (Å²) in [5.74, 6) is 0.436. The van der Waals surface area contributed by atoms with Crippen molar-refractivity contribution >= 4 is 5.97 Å². The second-order valence-electron chi connectivity index (χ2n) is 10.4. The molecule has 1 heterocycles. The van der Waals surface area contributed by atoms with Crippen LogP contribution in [0.3, 0.4) is 0 Å². The Balaban J connectivity index is 1.49. The number of nitrogens with zero attached hydrogens (tertiary/aromatic N) is 3. The van der Waals surface area contributed by atoms with Crippen LogP contribution in [0.15, 0.2) is 54.9 Å². The molecule has 0 radical (unpaired) electrons. The van der Waals surface area contributed by atoms with Crippen molar-refractivity contribution in [1.29, 1.82) is 5.26 Å². The van der Waals surface area contributed by atoms with E-state index in [-0.39, 0.29) is 0 Å². The van der Waals surface area contributed by atoms with Crippen LogP contribution in [-0.2, 0) is 12.8 Å². The van der Waals surface area contributed by atoms with Gasteiger partial charge in [-0.15, -0.1) is 0 Å². The highest BCUT2D eigenvalue weighted by Gasteiger charge is 2.13. The molecule has 0 fully saturated rings. The Morgan fingerprint density at radius 3 is 1.92 bits per heavy atom. The standard InChI is InChI=1S/C34H43N3O2/c1-3-5-7-9-10-11-12-14-16-28-25-36-33(37-26-28)29-18-20-30(21-19-29)34(38)39-32-22-17-27(23-31(32)24-35)15-13-8-6-4-2/h17-23,25-26H,3-16H2,1-2H3. The number of esters is 1. The van der Waals surface area contributed by atoms with Gasteiger partial charge in [-0.2, -0.15) is 5.26 Å². The second kappa shape index (κ2) is 17.1. The first-order valence-corrected chi connectivity index (χ1v) is 14.8. The van der Waals surface area contributed by atoms with Crippen LogP contribution in [0, 0.1) is 11.3 Å². The number of benzene rings is 2. The number of hydrogen-bond donors (Lipinski definition) is 0. The third kappa shape index (κ3) is 10.3. The molecule has 0 amide bonds. The van der Waals surface area contributed by atoms with Crippen molar-refractivity contribution in [1.82, 2.24) is 9.97 Å². The van der Waals surface area contributed by atoms with Crippen LogP contribution in [0.25, 0.3) is 11.4 Å². The van der Waals surface area contributed by atoms with Crippen molar-refractivity contribution in [3.05, 3.63) is 77.1 Å². The van der Waals surface area contributed by atoms with Gasteiger partial charge in [0, 0.05) is 18.0 Å². The Kier molecular flexibility index (Phi) is 13.2. The Morgan fingerprint density at radius 1 is 0.744 bits per heavy atom. The summed E-state index contributed by atoms with van der Waals surface area (Å²) in [5, 5.41) is 9.57. The lowest BCUT2D eigenvalue weighted by atomic mass is 10.0. The lowest BCUT2D eigenvalue weighted by Gasteiger charge is -2.09. The molecule has 0 saturated heterocycles. The molecule has 0 spiro atoms. The molecule has 1 aromatic heterocycles. The van der Waals surface area contributed by atoms with E-state index in [0.717, 1.165) is 36.0 Å². The number of ether oxygens (including phenoxy) is 1. The zero-order chi connectivity index (χ0) is 27.7. The number of hydrogen-bond acceptors (Lipinski definition) is 5. The summed E-state index contributed by atoms with van der Waals surface area (Å²) in [6.45, 7) is 4.44. The summed E-state index contributed by atoms with van der Waals surface area (Å²) in [5.41, 5.74) is 3.89. The minimum atomic E-state index is -0.490. The van der Waals surface area contributed by atoms with Gasteiger partial charge in [-0.05, 0) is 61.1 Å². The van der Waals surface area contributed by atoms with Crippen molar-refractivity contribution < 1.29 is 9.53 Å². The SMILES string of the molecule is CCCCCCCCCCc1cnc(-c2ccc(C(=O)Oc3ccc(CCCCCC)cc3C#N)cc2)nc1. The fraction of sp³-hybridized carbons (Fsp3) is 0.471. The molecule has 0 aliphatic heterocycles. The zero-order valence-corrected chi connectivity index (χ0v) is 23.8. The van der Waals surface area contributed by atoms with Gasteiger partial charge in [-0.25, -0.2) is 14.8 Å². The predicted molar refractivity (Wildman–Crippen MR) is 158 cm³/mol. The molecule has 0 aliphatic rings. The van der Waals surface area contributed by atoms with Crippen LogP contribution in [0.1, 0.15) is 118 Å². The topological polar surface area (TPSA) is 75.9 Å². The van der Waals surface area contributed by atoms with Crippen LogP contribution >= 0.6 is 0 Å². The highest BCUT2D eigenvalue weighted by Crippen LogP contribution is 2.23. The van der Waals surface area contributed by atoms with E-state index in [1.54, 1.807) is 18.2 Å².